The Hall–Kier alpha value is -4.78. The molecule has 0 saturated heterocycles. The van der Waals surface area contributed by atoms with Crippen LogP contribution in [0.2, 0.25) is 0 Å². The minimum Gasteiger partial charge on any atom is -0.361 e. The van der Waals surface area contributed by atoms with E-state index in [2.05, 4.69) is 30.7 Å². The number of carbonyl (C=O) groups excluding carboxylic acids is 1. The molecule has 0 unspecified atom stereocenters. The lowest BCUT2D eigenvalue weighted by molar-refractivity contribution is -0.115. The quantitative estimate of drug-likeness (QED) is 0.259. The smallest absolute Gasteiger partial charge is 0.234 e. The van der Waals surface area contributed by atoms with Crippen LogP contribution in [0.5, 0.6) is 0 Å². The number of hydrogen-bond donors (Lipinski definition) is 2. The van der Waals surface area contributed by atoms with E-state index in [4.69, 9.17) is 4.52 Å². The predicted octanol–water partition coefficient (Wildman–Crippen LogP) is 3.69. The summed E-state index contributed by atoms with van der Waals surface area (Å²) < 4.78 is 30.4. The van der Waals surface area contributed by atoms with Gasteiger partial charge in [-0.25, -0.2) is 18.4 Å². The van der Waals surface area contributed by atoms with Gasteiger partial charge < -0.3 is 14.7 Å². The molecule has 0 atom stereocenters. The first-order valence-corrected chi connectivity index (χ1v) is 14.4. The van der Waals surface area contributed by atoms with E-state index in [0.29, 0.717) is 47.1 Å². The topological polar surface area (TPSA) is 148 Å². The molecule has 3 aromatic heterocycles. The maximum Gasteiger partial charge on any atom is 0.234 e. The number of carbonyl (C=O) groups is 1. The van der Waals surface area contributed by atoms with Crippen molar-refractivity contribution in [2.24, 2.45) is 0 Å². The molecule has 12 nitrogen and oxygen atoms in total. The van der Waals surface area contributed by atoms with Gasteiger partial charge in [-0.1, -0.05) is 29.4 Å². The minimum atomic E-state index is -3.16. The Morgan fingerprint density at radius 1 is 1.07 bits per heavy atom. The zero-order valence-corrected chi connectivity index (χ0v) is 23.0. The Morgan fingerprint density at radius 3 is 2.67 bits per heavy atom. The highest BCUT2D eigenvalue weighted by Crippen LogP contribution is 2.23. The van der Waals surface area contributed by atoms with Crippen molar-refractivity contribution in [3.05, 3.63) is 83.9 Å². The van der Waals surface area contributed by atoms with Crippen LogP contribution in [0.3, 0.4) is 0 Å². The lowest BCUT2D eigenvalue weighted by atomic mass is 10.2. The SMILES string of the molecule is Cc1cc(CC(=O)Nc2nc3ccccc3n2CN(C)c2ccnc(Nc3cccc(CS(C)(=O)=O)c3)n2)on1. The van der Waals surface area contributed by atoms with Crippen LogP contribution in [0.15, 0.2) is 71.4 Å². The van der Waals surface area contributed by atoms with Crippen LogP contribution in [0, 0.1) is 6.92 Å². The summed E-state index contributed by atoms with van der Waals surface area (Å²) >= 11 is 0. The third kappa shape index (κ3) is 6.61. The molecule has 0 aliphatic rings. The molecule has 40 heavy (non-hydrogen) atoms. The van der Waals surface area contributed by atoms with Gasteiger partial charge >= 0.3 is 0 Å². The molecule has 2 N–H and O–H groups in total. The number of hydrogen-bond acceptors (Lipinski definition) is 10. The van der Waals surface area contributed by atoms with Crippen molar-refractivity contribution in [1.29, 1.82) is 0 Å². The van der Waals surface area contributed by atoms with Crippen LogP contribution >= 0.6 is 0 Å². The highest BCUT2D eigenvalue weighted by atomic mass is 32.2. The van der Waals surface area contributed by atoms with E-state index >= 15 is 0 Å². The summed E-state index contributed by atoms with van der Waals surface area (Å²) in [5.41, 5.74) is 3.63. The van der Waals surface area contributed by atoms with Crippen LogP contribution in [0.1, 0.15) is 17.0 Å². The van der Waals surface area contributed by atoms with Crippen molar-refractivity contribution in [3.63, 3.8) is 0 Å². The maximum atomic E-state index is 12.8. The van der Waals surface area contributed by atoms with Crippen molar-refractivity contribution in [1.82, 2.24) is 24.7 Å². The van der Waals surface area contributed by atoms with Gasteiger partial charge in [-0.2, -0.15) is 4.98 Å². The van der Waals surface area contributed by atoms with E-state index in [1.807, 2.05) is 46.8 Å². The Balaban J connectivity index is 1.34. The minimum absolute atomic E-state index is 0.0339. The number of para-hydroxylation sites is 2. The maximum absolute atomic E-state index is 12.8. The van der Waals surface area contributed by atoms with E-state index in [1.54, 1.807) is 43.5 Å². The average molecular weight is 561 g/mol. The number of nitrogens with zero attached hydrogens (tertiary/aromatic N) is 6. The lowest BCUT2D eigenvalue weighted by Crippen LogP contribution is -2.25. The molecule has 3 heterocycles. The van der Waals surface area contributed by atoms with E-state index < -0.39 is 9.84 Å². The summed E-state index contributed by atoms with van der Waals surface area (Å²) in [5.74, 6) is 1.51. The van der Waals surface area contributed by atoms with Gasteiger partial charge in [-0.15, -0.1) is 0 Å². The van der Waals surface area contributed by atoms with Crippen LogP contribution in [-0.4, -0.2) is 52.3 Å². The number of benzene rings is 2. The molecule has 5 rings (SSSR count). The van der Waals surface area contributed by atoms with Crippen LogP contribution in [-0.2, 0) is 33.5 Å². The molecule has 0 aliphatic carbocycles. The molecule has 1 amide bonds. The standard InChI is InChI=1S/C27H28N8O4S/c1-18-13-21(39-33-18)15-25(36)32-27-30-22-9-4-5-10-23(22)35(27)17-34(2)24-11-12-28-26(31-24)29-20-8-6-7-19(14-20)16-40(3,37)38/h4-14H,15-17H2,1-3H3,(H,28,29,31)(H,30,32,36). The van der Waals surface area contributed by atoms with Gasteiger partial charge in [-0.3, -0.25) is 14.7 Å². The zero-order chi connectivity index (χ0) is 28.3. The Morgan fingerprint density at radius 2 is 1.90 bits per heavy atom. The molecule has 5 aromatic rings. The number of imidazole rings is 1. The highest BCUT2D eigenvalue weighted by molar-refractivity contribution is 7.89. The molecule has 0 radical (unpaired) electrons. The molecule has 0 spiro atoms. The first-order valence-electron chi connectivity index (χ1n) is 12.4. The number of fused-ring (bicyclic) bond motifs is 1. The molecule has 2 aromatic carbocycles. The summed E-state index contributed by atoms with van der Waals surface area (Å²) in [6, 6.07) is 18.2. The number of anilines is 4. The molecule has 0 fully saturated rings. The summed E-state index contributed by atoms with van der Waals surface area (Å²) in [6.07, 6.45) is 2.87. The average Bonchev–Trinajstić information content (AvgIpc) is 3.45. The van der Waals surface area contributed by atoms with Crippen LogP contribution in [0.4, 0.5) is 23.4 Å². The third-order valence-corrected chi connectivity index (χ3v) is 6.77. The number of rotatable bonds is 10. The third-order valence-electron chi connectivity index (χ3n) is 5.91. The van der Waals surface area contributed by atoms with E-state index in [0.717, 1.165) is 11.0 Å². The number of aromatic nitrogens is 5. The number of nitrogens with one attached hydrogen (secondary N) is 2. The zero-order valence-electron chi connectivity index (χ0n) is 22.2. The van der Waals surface area contributed by atoms with Crippen molar-refractivity contribution in [2.45, 2.75) is 25.8 Å². The van der Waals surface area contributed by atoms with Crippen molar-refractivity contribution in [3.8, 4) is 0 Å². The van der Waals surface area contributed by atoms with E-state index in [1.165, 1.54) is 6.26 Å². The molecular weight excluding hydrogens is 532 g/mol. The summed E-state index contributed by atoms with van der Waals surface area (Å²) in [6.45, 7) is 2.13. The molecule has 0 aliphatic heterocycles. The first-order chi connectivity index (χ1) is 19.1. The van der Waals surface area contributed by atoms with E-state index in [-0.39, 0.29) is 18.1 Å². The molecule has 0 saturated carbocycles. The first kappa shape index (κ1) is 26.8. The Bertz CT molecular complexity index is 1780. The fraction of sp³-hybridized carbons (Fsp3) is 0.222. The second-order valence-electron chi connectivity index (χ2n) is 9.48. The Labute approximate surface area is 231 Å². The van der Waals surface area contributed by atoms with Gasteiger partial charge in [0.15, 0.2) is 9.84 Å². The predicted molar refractivity (Wildman–Crippen MR) is 152 cm³/mol. The van der Waals surface area contributed by atoms with Crippen molar-refractivity contribution >= 4 is 50.2 Å². The number of sulfone groups is 1. The van der Waals surface area contributed by atoms with Gasteiger partial charge in [0, 0.05) is 31.3 Å². The summed E-state index contributed by atoms with van der Waals surface area (Å²) in [5, 5.41) is 9.86. The van der Waals surface area contributed by atoms with Gasteiger partial charge in [-0.05, 0) is 42.8 Å². The Kier molecular flexibility index (Phi) is 7.47. The van der Waals surface area contributed by atoms with E-state index in [9.17, 15) is 13.2 Å². The van der Waals surface area contributed by atoms with Gasteiger partial charge in [0.1, 0.15) is 11.6 Å². The highest BCUT2D eigenvalue weighted by Gasteiger charge is 2.17. The summed E-state index contributed by atoms with van der Waals surface area (Å²) in [4.78, 5) is 28.2. The van der Waals surface area contributed by atoms with Crippen LogP contribution < -0.4 is 15.5 Å². The summed E-state index contributed by atoms with van der Waals surface area (Å²) in [7, 11) is -1.29. The van der Waals surface area contributed by atoms with Gasteiger partial charge in [0.05, 0.1) is 35.6 Å². The van der Waals surface area contributed by atoms with Crippen molar-refractivity contribution < 1.29 is 17.7 Å². The molecule has 206 valence electrons. The second kappa shape index (κ2) is 11.1. The largest absolute Gasteiger partial charge is 0.361 e. The second-order valence-corrected chi connectivity index (χ2v) is 11.6. The normalized spacial score (nSPS) is 11.5. The molecule has 0 bridgehead atoms. The molecule has 13 heteroatoms. The van der Waals surface area contributed by atoms with Crippen LogP contribution in [0.25, 0.3) is 11.0 Å². The fourth-order valence-corrected chi connectivity index (χ4v) is 5.00. The fourth-order valence-electron chi connectivity index (χ4n) is 4.22. The molecular formula is C27H28N8O4S. The lowest BCUT2D eigenvalue weighted by Gasteiger charge is -2.21. The number of aryl methyl sites for hydroxylation is 1. The van der Waals surface area contributed by atoms with Gasteiger partial charge in [0.2, 0.25) is 17.8 Å². The monoisotopic (exact) mass is 560 g/mol. The number of amides is 1. The van der Waals surface area contributed by atoms with Crippen molar-refractivity contribution in [2.75, 3.05) is 28.8 Å². The van der Waals surface area contributed by atoms with Gasteiger partial charge in [0.25, 0.3) is 0 Å².